The third kappa shape index (κ3) is 3.41. The van der Waals surface area contributed by atoms with Gasteiger partial charge >= 0.3 is 0 Å². The van der Waals surface area contributed by atoms with Crippen molar-refractivity contribution >= 4 is 31.6 Å². The highest BCUT2D eigenvalue weighted by atomic mass is 79.9. The molecule has 1 saturated heterocycles. The van der Waals surface area contributed by atoms with Gasteiger partial charge in [0.15, 0.2) is 0 Å². The van der Waals surface area contributed by atoms with Gasteiger partial charge in [-0.1, -0.05) is 15.9 Å². The summed E-state index contributed by atoms with van der Waals surface area (Å²) in [5, 5.41) is 0. The van der Waals surface area contributed by atoms with E-state index in [0.29, 0.717) is 18.8 Å². The van der Waals surface area contributed by atoms with E-state index in [1.54, 1.807) is 22.5 Å². The molecule has 0 aromatic heterocycles. The Morgan fingerprint density at radius 3 is 2.43 bits per heavy atom. The maximum Gasteiger partial charge on any atom is 0.245 e. The summed E-state index contributed by atoms with van der Waals surface area (Å²) in [7, 11) is -3.48. The Bertz CT molecular complexity index is 623. The van der Waals surface area contributed by atoms with Crippen LogP contribution in [0.4, 0.5) is 5.69 Å². The Balaban J connectivity index is 1.70. The van der Waals surface area contributed by atoms with E-state index in [9.17, 15) is 8.42 Å². The number of nitrogen functional groups attached to an aromatic ring is 1. The van der Waals surface area contributed by atoms with Crippen LogP contribution in [-0.2, 0) is 10.0 Å². The molecule has 21 heavy (non-hydrogen) atoms. The summed E-state index contributed by atoms with van der Waals surface area (Å²) in [6.07, 6.45) is 2.65. The minimum absolute atomic E-state index is 0.210. The summed E-state index contributed by atoms with van der Waals surface area (Å²) in [6, 6.07) is 4.92. The zero-order valence-electron chi connectivity index (χ0n) is 11.8. The van der Waals surface area contributed by atoms with Gasteiger partial charge in [0.1, 0.15) is 4.90 Å². The van der Waals surface area contributed by atoms with Crippen molar-refractivity contribution in [1.82, 2.24) is 9.21 Å². The van der Waals surface area contributed by atoms with Crippen molar-refractivity contribution in [1.29, 1.82) is 0 Å². The number of hydrogen-bond acceptors (Lipinski definition) is 4. The number of halogens is 1. The van der Waals surface area contributed by atoms with Gasteiger partial charge in [-0.05, 0) is 37.0 Å². The van der Waals surface area contributed by atoms with Crippen molar-refractivity contribution in [3.05, 3.63) is 22.7 Å². The fourth-order valence-corrected chi connectivity index (χ4v) is 4.61. The predicted octanol–water partition coefficient (Wildman–Crippen LogP) is 1.75. The Hall–Kier alpha value is -0.630. The van der Waals surface area contributed by atoms with Crippen LogP contribution in [0.5, 0.6) is 0 Å². The maximum absolute atomic E-state index is 12.7. The molecule has 0 amide bonds. The molecule has 1 aliphatic heterocycles. The lowest BCUT2D eigenvalue weighted by molar-refractivity contribution is 0.182. The molecule has 2 aliphatic rings. The molecule has 7 heteroatoms. The minimum Gasteiger partial charge on any atom is -0.398 e. The largest absolute Gasteiger partial charge is 0.398 e. The van der Waals surface area contributed by atoms with E-state index in [1.807, 2.05) is 0 Å². The molecule has 2 fully saturated rings. The highest BCUT2D eigenvalue weighted by Gasteiger charge is 2.32. The predicted molar refractivity (Wildman–Crippen MR) is 86.5 cm³/mol. The van der Waals surface area contributed by atoms with Crippen LogP contribution in [0.15, 0.2) is 27.6 Å². The van der Waals surface area contributed by atoms with Crippen LogP contribution in [-0.4, -0.2) is 50.3 Å². The van der Waals surface area contributed by atoms with Gasteiger partial charge in [0, 0.05) is 37.2 Å². The number of benzene rings is 1. The second kappa shape index (κ2) is 5.87. The molecule has 1 aromatic rings. The molecular weight excluding hydrogens is 354 g/mol. The first-order chi connectivity index (χ1) is 9.96. The summed E-state index contributed by atoms with van der Waals surface area (Å²) < 4.78 is 27.7. The fourth-order valence-electron chi connectivity index (χ4n) is 2.71. The van der Waals surface area contributed by atoms with Gasteiger partial charge in [-0.15, -0.1) is 0 Å². The van der Waals surface area contributed by atoms with E-state index < -0.39 is 10.0 Å². The number of anilines is 1. The fraction of sp³-hybridized carbons (Fsp3) is 0.571. The van der Waals surface area contributed by atoms with E-state index in [0.717, 1.165) is 30.0 Å². The van der Waals surface area contributed by atoms with Gasteiger partial charge in [0.2, 0.25) is 10.0 Å². The number of piperazine rings is 1. The third-order valence-electron chi connectivity index (χ3n) is 4.13. The molecule has 1 heterocycles. The topological polar surface area (TPSA) is 66.6 Å². The van der Waals surface area contributed by atoms with Crippen molar-refractivity contribution in [3.8, 4) is 0 Å². The average Bonchev–Trinajstić information content (AvgIpc) is 3.23. The monoisotopic (exact) mass is 373 g/mol. The standard InChI is InChI=1S/C14H20BrN3O2S/c15-12-3-4-14(13(16)9-12)21(19,20)18-7-5-17(6-8-18)10-11-1-2-11/h3-4,9,11H,1-2,5-8,10,16H2. The van der Waals surface area contributed by atoms with E-state index in [-0.39, 0.29) is 4.90 Å². The van der Waals surface area contributed by atoms with Crippen molar-refractivity contribution in [2.45, 2.75) is 17.7 Å². The molecule has 0 unspecified atom stereocenters. The maximum atomic E-state index is 12.7. The van der Waals surface area contributed by atoms with Crippen LogP contribution in [0.3, 0.4) is 0 Å². The van der Waals surface area contributed by atoms with Crippen molar-refractivity contribution in [2.75, 3.05) is 38.5 Å². The molecule has 3 rings (SSSR count). The molecule has 116 valence electrons. The van der Waals surface area contributed by atoms with E-state index in [2.05, 4.69) is 20.8 Å². The van der Waals surface area contributed by atoms with Crippen molar-refractivity contribution in [2.24, 2.45) is 5.92 Å². The summed E-state index contributed by atoms with van der Waals surface area (Å²) in [5.41, 5.74) is 6.17. The minimum atomic E-state index is -3.48. The second-order valence-electron chi connectivity index (χ2n) is 5.83. The Labute approximate surface area is 134 Å². The zero-order chi connectivity index (χ0) is 15.0. The SMILES string of the molecule is Nc1cc(Br)ccc1S(=O)(=O)N1CCN(CC2CC2)CC1. The molecule has 0 radical (unpaired) electrons. The van der Waals surface area contributed by atoms with E-state index in [1.165, 1.54) is 12.8 Å². The van der Waals surface area contributed by atoms with Crippen molar-refractivity contribution in [3.63, 3.8) is 0 Å². The normalized spacial score (nSPS) is 21.6. The van der Waals surface area contributed by atoms with Crippen LogP contribution in [0.1, 0.15) is 12.8 Å². The summed E-state index contributed by atoms with van der Waals surface area (Å²) >= 11 is 3.30. The lowest BCUT2D eigenvalue weighted by atomic mass is 10.3. The Kier molecular flexibility index (Phi) is 4.27. The molecule has 0 atom stereocenters. The highest BCUT2D eigenvalue weighted by molar-refractivity contribution is 9.10. The quantitative estimate of drug-likeness (QED) is 0.816. The van der Waals surface area contributed by atoms with E-state index in [4.69, 9.17) is 5.73 Å². The Morgan fingerprint density at radius 2 is 1.86 bits per heavy atom. The highest BCUT2D eigenvalue weighted by Crippen LogP contribution is 2.31. The van der Waals surface area contributed by atoms with Crippen molar-refractivity contribution < 1.29 is 8.42 Å². The van der Waals surface area contributed by atoms with Crippen LogP contribution in [0.2, 0.25) is 0 Å². The molecule has 2 N–H and O–H groups in total. The summed E-state index contributed by atoms with van der Waals surface area (Å²) in [4.78, 5) is 2.58. The molecule has 1 aromatic carbocycles. The van der Waals surface area contributed by atoms with Crippen LogP contribution in [0.25, 0.3) is 0 Å². The average molecular weight is 374 g/mol. The Morgan fingerprint density at radius 1 is 1.19 bits per heavy atom. The molecular formula is C14H20BrN3O2S. The zero-order valence-corrected chi connectivity index (χ0v) is 14.2. The number of rotatable bonds is 4. The molecule has 5 nitrogen and oxygen atoms in total. The van der Waals surface area contributed by atoms with Gasteiger partial charge in [-0.3, -0.25) is 0 Å². The molecule has 1 aliphatic carbocycles. The molecule has 0 spiro atoms. The first-order valence-electron chi connectivity index (χ1n) is 7.24. The second-order valence-corrected chi connectivity index (χ2v) is 8.65. The lowest BCUT2D eigenvalue weighted by Crippen LogP contribution is -2.49. The van der Waals surface area contributed by atoms with Crippen LogP contribution in [0, 0.1) is 5.92 Å². The number of nitrogens with zero attached hydrogens (tertiary/aromatic N) is 2. The summed E-state index contributed by atoms with van der Waals surface area (Å²) in [5.74, 6) is 0.843. The lowest BCUT2D eigenvalue weighted by Gasteiger charge is -2.34. The van der Waals surface area contributed by atoms with Gasteiger partial charge in [-0.2, -0.15) is 4.31 Å². The van der Waals surface area contributed by atoms with Crippen LogP contribution >= 0.6 is 15.9 Å². The smallest absolute Gasteiger partial charge is 0.245 e. The summed E-state index contributed by atoms with van der Waals surface area (Å²) in [6.45, 7) is 3.84. The first-order valence-corrected chi connectivity index (χ1v) is 9.47. The van der Waals surface area contributed by atoms with Gasteiger partial charge in [-0.25, -0.2) is 8.42 Å². The first kappa shape index (κ1) is 15.3. The van der Waals surface area contributed by atoms with Crippen LogP contribution < -0.4 is 5.73 Å². The molecule has 1 saturated carbocycles. The van der Waals surface area contributed by atoms with Gasteiger partial charge in [0.25, 0.3) is 0 Å². The van der Waals surface area contributed by atoms with E-state index >= 15 is 0 Å². The number of hydrogen-bond donors (Lipinski definition) is 1. The number of sulfonamides is 1. The van der Waals surface area contributed by atoms with Gasteiger partial charge < -0.3 is 10.6 Å². The van der Waals surface area contributed by atoms with Gasteiger partial charge in [0.05, 0.1) is 5.69 Å². The third-order valence-corrected chi connectivity index (χ3v) is 6.60. The molecule has 0 bridgehead atoms. The number of nitrogens with two attached hydrogens (primary N) is 1.